The number of aliphatic hydroxyl groups excluding tert-OH is 1. The molecule has 0 saturated carbocycles. The van der Waals surface area contributed by atoms with Crippen LogP contribution in [0.4, 0.5) is 5.69 Å². The van der Waals surface area contributed by atoms with Crippen LogP contribution in [0.5, 0.6) is 0 Å². The molecule has 0 atom stereocenters. The van der Waals surface area contributed by atoms with Crippen molar-refractivity contribution < 1.29 is 5.11 Å². The molecule has 0 fully saturated rings. The first-order valence-electron chi connectivity index (χ1n) is 6.26. The molecular formula is C16H15NOS. The van der Waals surface area contributed by atoms with Crippen LogP contribution in [0.3, 0.4) is 0 Å². The molecule has 2 aromatic carbocycles. The quantitative estimate of drug-likeness (QED) is 0.750. The van der Waals surface area contributed by atoms with Gasteiger partial charge in [0.25, 0.3) is 0 Å². The third kappa shape index (κ3) is 2.48. The fourth-order valence-corrected chi connectivity index (χ4v) is 3.15. The second-order valence-electron chi connectivity index (χ2n) is 4.43. The third-order valence-electron chi connectivity index (χ3n) is 3.22. The number of para-hydroxylation sites is 1. The average molecular weight is 269 g/mol. The molecule has 2 N–H and O–H groups in total. The van der Waals surface area contributed by atoms with E-state index in [2.05, 4.69) is 35.0 Å². The molecule has 2 nitrogen and oxygen atoms in total. The lowest BCUT2D eigenvalue weighted by Crippen LogP contribution is -2.01. The molecule has 3 heteroatoms. The fourth-order valence-electron chi connectivity index (χ4n) is 2.19. The Balaban J connectivity index is 1.82. The first kappa shape index (κ1) is 12.2. The minimum atomic E-state index is 0.0631. The molecule has 0 unspecified atom stereocenters. The maximum atomic E-state index is 9.31. The summed E-state index contributed by atoms with van der Waals surface area (Å²) < 4.78 is 1.31. The van der Waals surface area contributed by atoms with Crippen LogP contribution in [0, 0.1) is 0 Å². The number of benzene rings is 2. The maximum Gasteiger partial charge on any atom is 0.0701 e. The van der Waals surface area contributed by atoms with Crippen molar-refractivity contribution in [3.8, 4) is 0 Å². The summed E-state index contributed by atoms with van der Waals surface area (Å²) in [6.45, 7) is 0.842. The lowest BCUT2D eigenvalue weighted by atomic mass is 10.1. The monoisotopic (exact) mass is 269 g/mol. The molecule has 0 bridgehead atoms. The zero-order chi connectivity index (χ0) is 13.1. The average Bonchev–Trinajstić information content (AvgIpc) is 2.89. The van der Waals surface area contributed by atoms with Gasteiger partial charge in [0.1, 0.15) is 0 Å². The Labute approximate surface area is 116 Å². The highest BCUT2D eigenvalue weighted by Crippen LogP contribution is 2.26. The summed E-state index contributed by atoms with van der Waals surface area (Å²) in [5, 5.41) is 16.2. The molecule has 96 valence electrons. The number of nitrogens with one attached hydrogen (secondary N) is 1. The molecule has 0 radical (unpaired) electrons. The van der Waals surface area contributed by atoms with Crippen molar-refractivity contribution in [3.05, 3.63) is 65.0 Å². The van der Waals surface area contributed by atoms with E-state index in [1.807, 2.05) is 24.3 Å². The normalized spacial score (nSPS) is 10.8. The second-order valence-corrected chi connectivity index (χ2v) is 5.34. The fraction of sp³-hybridized carbons (Fsp3) is 0.125. The van der Waals surface area contributed by atoms with Crippen molar-refractivity contribution >= 4 is 27.1 Å². The Kier molecular flexibility index (Phi) is 3.49. The molecule has 19 heavy (non-hydrogen) atoms. The standard InChI is InChI=1S/C16H15NOS/c18-10-12-5-1-3-7-15(12)17-9-13-11-19-16-8-4-2-6-14(13)16/h1-8,11,17-18H,9-10H2. The van der Waals surface area contributed by atoms with Crippen molar-refractivity contribution in [2.45, 2.75) is 13.2 Å². The lowest BCUT2D eigenvalue weighted by molar-refractivity contribution is 0.282. The Morgan fingerprint density at radius 3 is 2.63 bits per heavy atom. The highest BCUT2D eigenvalue weighted by Gasteiger charge is 2.04. The second kappa shape index (κ2) is 5.43. The number of thiophene rings is 1. The van der Waals surface area contributed by atoms with Gasteiger partial charge in [0, 0.05) is 22.5 Å². The van der Waals surface area contributed by atoms with E-state index in [0.717, 1.165) is 17.8 Å². The summed E-state index contributed by atoms with van der Waals surface area (Å²) in [6.07, 6.45) is 0. The highest BCUT2D eigenvalue weighted by molar-refractivity contribution is 7.17. The molecule has 0 aliphatic rings. The van der Waals surface area contributed by atoms with Crippen molar-refractivity contribution in [1.29, 1.82) is 0 Å². The Morgan fingerprint density at radius 1 is 0.947 bits per heavy atom. The summed E-state index contributed by atoms with van der Waals surface area (Å²) in [6, 6.07) is 16.3. The van der Waals surface area contributed by atoms with Crippen LogP contribution in [0.1, 0.15) is 11.1 Å². The minimum absolute atomic E-state index is 0.0631. The smallest absolute Gasteiger partial charge is 0.0701 e. The van der Waals surface area contributed by atoms with Gasteiger partial charge >= 0.3 is 0 Å². The molecule has 3 aromatic rings. The molecule has 1 aromatic heterocycles. The molecule has 0 spiro atoms. The van der Waals surface area contributed by atoms with Crippen LogP contribution in [0.25, 0.3) is 10.1 Å². The minimum Gasteiger partial charge on any atom is -0.392 e. The largest absolute Gasteiger partial charge is 0.392 e. The van der Waals surface area contributed by atoms with Gasteiger partial charge in [-0.2, -0.15) is 0 Å². The maximum absolute atomic E-state index is 9.31. The van der Waals surface area contributed by atoms with Crippen molar-refractivity contribution in [3.63, 3.8) is 0 Å². The number of anilines is 1. The van der Waals surface area contributed by atoms with Gasteiger partial charge in [-0.15, -0.1) is 11.3 Å². The van der Waals surface area contributed by atoms with E-state index < -0.39 is 0 Å². The zero-order valence-electron chi connectivity index (χ0n) is 10.5. The van der Waals surface area contributed by atoms with E-state index in [1.54, 1.807) is 11.3 Å². The summed E-state index contributed by atoms with van der Waals surface area (Å²) in [5.74, 6) is 0. The van der Waals surface area contributed by atoms with Crippen molar-refractivity contribution in [2.75, 3.05) is 5.32 Å². The van der Waals surface area contributed by atoms with E-state index in [4.69, 9.17) is 0 Å². The van der Waals surface area contributed by atoms with Crippen LogP contribution < -0.4 is 5.32 Å². The van der Waals surface area contributed by atoms with Gasteiger partial charge in [0.15, 0.2) is 0 Å². The predicted octanol–water partition coefficient (Wildman–Crippen LogP) is 4.01. The summed E-state index contributed by atoms with van der Waals surface area (Å²) >= 11 is 1.77. The van der Waals surface area contributed by atoms with Gasteiger partial charge in [-0.1, -0.05) is 36.4 Å². The molecule has 0 saturated heterocycles. The highest BCUT2D eigenvalue weighted by atomic mass is 32.1. The third-order valence-corrected chi connectivity index (χ3v) is 4.23. The first-order valence-corrected chi connectivity index (χ1v) is 7.14. The summed E-state index contributed by atoms with van der Waals surface area (Å²) in [5.41, 5.74) is 3.23. The topological polar surface area (TPSA) is 32.3 Å². The number of hydrogen-bond acceptors (Lipinski definition) is 3. The Morgan fingerprint density at radius 2 is 1.74 bits per heavy atom. The van der Waals surface area contributed by atoms with E-state index in [-0.39, 0.29) is 6.61 Å². The van der Waals surface area contributed by atoms with Gasteiger partial charge < -0.3 is 10.4 Å². The lowest BCUT2D eigenvalue weighted by Gasteiger charge is -2.09. The van der Waals surface area contributed by atoms with Crippen LogP contribution >= 0.6 is 11.3 Å². The first-order chi connectivity index (χ1) is 9.38. The number of fused-ring (bicyclic) bond motifs is 1. The van der Waals surface area contributed by atoms with Crippen LogP contribution in [0.15, 0.2) is 53.9 Å². The molecule has 1 heterocycles. The van der Waals surface area contributed by atoms with Gasteiger partial charge in [-0.05, 0) is 28.5 Å². The zero-order valence-corrected chi connectivity index (χ0v) is 11.3. The van der Waals surface area contributed by atoms with Crippen molar-refractivity contribution in [2.24, 2.45) is 0 Å². The Bertz CT molecular complexity index is 690. The van der Waals surface area contributed by atoms with Crippen LogP contribution in [-0.4, -0.2) is 5.11 Å². The number of rotatable bonds is 4. The SMILES string of the molecule is OCc1ccccc1NCc1csc2ccccc12. The number of hydrogen-bond donors (Lipinski definition) is 2. The van der Waals surface area contributed by atoms with E-state index in [0.29, 0.717) is 0 Å². The number of aliphatic hydroxyl groups is 1. The van der Waals surface area contributed by atoms with Crippen LogP contribution in [0.2, 0.25) is 0 Å². The molecular weight excluding hydrogens is 254 g/mol. The molecule has 0 aliphatic carbocycles. The van der Waals surface area contributed by atoms with Gasteiger partial charge in [0.2, 0.25) is 0 Å². The van der Waals surface area contributed by atoms with Gasteiger partial charge in [-0.25, -0.2) is 0 Å². The van der Waals surface area contributed by atoms with Crippen molar-refractivity contribution in [1.82, 2.24) is 0 Å². The van der Waals surface area contributed by atoms with E-state index >= 15 is 0 Å². The summed E-state index contributed by atoms with van der Waals surface area (Å²) in [4.78, 5) is 0. The van der Waals surface area contributed by atoms with E-state index in [1.165, 1.54) is 15.6 Å². The molecule has 0 aliphatic heterocycles. The Hall–Kier alpha value is -1.84. The summed E-state index contributed by atoms with van der Waals surface area (Å²) in [7, 11) is 0. The molecule has 3 rings (SSSR count). The van der Waals surface area contributed by atoms with Gasteiger partial charge in [-0.3, -0.25) is 0 Å². The van der Waals surface area contributed by atoms with Crippen LogP contribution in [-0.2, 0) is 13.2 Å². The van der Waals surface area contributed by atoms with Gasteiger partial charge in [0.05, 0.1) is 6.61 Å². The predicted molar refractivity (Wildman–Crippen MR) is 81.5 cm³/mol. The van der Waals surface area contributed by atoms with E-state index in [9.17, 15) is 5.11 Å². The molecule has 0 amide bonds.